The number of allylic oxidation sites excluding steroid dienone is 1. The standard InChI is InChI=1S/C22H28N2O4S/c1-13(2)28-21(25)15-9-10-18(23-20(15)29-14-7-5-4-6-8-14)24-11-16-17(12-24)19(16)22(26)27-3/h9-10,14,16-17,19H,1,4-8,11-12H2,2-3H3/t16-,17+,19?. The number of pyridine rings is 1. The summed E-state index contributed by atoms with van der Waals surface area (Å²) in [5, 5.41) is 1.23. The summed E-state index contributed by atoms with van der Waals surface area (Å²) < 4.78 is 10.2. The Kier molecular flexibility index (Phi) is 5.86. The molecule has 0 spiro atoms. The molecular formula is C22H28N2O4S. The minimum absolute atomic E-state index is 0.0390. The molecule has 2 aliphatic carbocycles. The molecule has 1 aliphatic heterocycles. The van der Waals surface area contributed by atoms with Gasteiger partial charge in [-0.05, 0) is 43.7 Å². The van der Waals surface area contributed by atoms with Crippen molar-refractivity contribution in [2.24, 2.45) is 17.8 Å². The van der Waals surface area contributed by atoms with Gasteiger partial charge in [0.15, 0.2) is 0 Å². The van der Waals surface area contributed by atoms with Crippen LogP contribution in [0.3, 0.4) is 0 Å². The van der Waals surface area contributed by atoms with Crippen molar-refractivity contribution < 1.29 is 19.1 Å². The fraction of sp³-hybridized carbons (Fsp3) is 0.591. The smallest absolute Gasteiger partial charge is 0.345 e. The number of esters is 2. The van der Waals surface area contributed by atoms with Crippen molar-refractivity contribution >= 4 is 29.5 Å². The first kappa shape index (κ1) is 20.3. The molecule has 1 aromatic heterocycles. The number of rotatable bonds is 6. The van der Waals surface area contributed by atoms with E-state index in [1.165, 1.54) is 26.4 Å². The van der Waals surface area contributed by atoms with Crippen LogP contribution in [-0.2, 0) is 14.3 Å². The van der Waals surface area contributed by atoms with E-state index in [-0.39, 0.29) is 11.9 Å². The molecule has 2 saturated carbocycles. The molecular weight excluding hydrogens is 388 g/mol. The highest BCUT2D eigenvalue weighted by Gasteiger charge is 2.60. The predicted molar refractivity (Wildman–Crippen MR) is 112 cm³/mol. The van der Waals surface area contributed by atoms with Gasteiger partial charge in [0.2, 0.25) is 0 Å². The van der Waals surface area contributed by atoms with Crippen LogP contribution in [0.5, 0.6) is 0 Å². The molecule has 29 heavy (non-hydrogen) atoms. The van der Waals surface area contributed by atoms with E-state index >= 15 is 0 Å². The summed E-state index contributed by atoms with van der Waals surface area (Å²) in [6.45, 7) is 6.95. The number of anilines is 1. The first-order valence-corrected chi connectivity index (χ1v) is 11.2. The third-order valence-electron chi connectivity index (χ3n) is 6.15. The Bertz CT molecular complexity index is 809. The SMILES string of the molecule is C=C(C)OC(=O)c1ccc(N2C[C@@H]3C(C(=O)OC)[C@@H]3C2)nc1SC1CCCCC1. The van der Waals surface area contributed by atoms with Crippen molar-refractivity contribution in [3.63, 3.8) is 0 Å². The molecule has 4 rings (SSSR count). The van der Waals surface area contributed by atoms with Crippen molar-refractivity contribution in [2.75, 3.05) is 25.1 Å². The lowest BCUT2D eigenvalue weighted by molar-refractivity contribution is -0.142. The molecule has 0 radical (unpaired) electrons. The van der Waals surface area contributed by atoms with Crippen LogP contribution in [0.25, 0.3) is 0 Å². The number of aromatic nitrogens is 1. The average Bonchev–Trinajstić information content (AvgIpc) is 3.20. The highest BCUT2D eigenvalue weighted by atomic mass is 32.2. The maximum atomic E-state index is 12.6. The Balaban J connectivity index is 1.52. The van der Waals surface area contributed by atoms with Gasteiger partial charge in [-0.2, -0.15) is 0 Å². The molecule has 3 atom stereocenters. The Morgan fingerprint density at radius 2 is 1.86 bits per heavy atom. The summed E-state index contributed by atoms with van der Waals surface area (Å²) in [6, 6.07) is 3.71. The molecule has 0 N–H and O–H groups in total. The van der Waals surface area contributed by atoms with Gasteiger partial charge in [0.1, 0.15) is 10.8 Å². The van der Waals surface area contributed by atoms with Gasteiger partial charge in [0.05, 0.1) is 24.4 Å². The molecule has 1 aromatic rings. The summed E-state index contributed by atoms with van der Waals surface area (Å²) in [4.78, 5) is 31.4. The Morgan fingerprint density at radius 1 is 1.17 bits per heavy atom. The average molecular weight is 417 g/mol. The van der Waals surface area contributed by atoms with Crippen LogP contribution in [0.4, 0.5) is 5.82 Å². The summed E-state index contributed by atoms with van der Waals surface area (Å²) in [5.41, 5.74) is 0.504. The maximum absolute atomic E-state index is 12.6. The Labute approximate surface area is 176 Å². The maximum Gasteiger partial charge on any atom is 0.345 e. The Hall–Kier alpha value is -2.02. The minimum Gasteiger partial charge on any atom is -0.469 e. The zero-order valence-electron chi connectivity index (χ0n) is 17.1. The molecule has 6 nitrogen and oxygen atoms in total. The van der Waals surface area contributed by atoms with Gasteiger partial charge in [-0.3, -0.25) is 4.79 Å². The summed E-state index contributed by atoms with van der Waals surface area (Å²) >= 11 is 1.70. The van der Waals surface area contributed by atoms with Gasteiger partial charge in [-0.1, -0.05) is 25.8 Å². The number of hydrogen-bond donors (Lipinski definition) is 0. The lowest BCUT2D eigenvalue weighted by Crippen LogP contribution is -2.27. The first-order valence-electron chi connectivity index (χ1n) is 10.4. The van der Waals surface area contributed by atoms with Gasteiger partial charge in [-0.15, -0.1) is 11.8 Å². The van der Waals surface area contributed by atoms with E-state index in [0.29, 0.717) is 28.4 Å². The number of piperidine rings is 1. The number of methoxy groups -OCH3 is 1. The van der Waals surface area contributed by atoms with Crippen LogP contribution in [0, 0.1) is 17.8 Å². The lowest BCUT2D eigenvalue weighted by Gasteiger charge is -2.24. The number of carbonyl (C=O) groups excluding carboxylic acids is 2. The van der Waals surface area contributed by atoms with E-state index < -0.39 is 5.97 Å². The molecule has 3 aliphatic rings. The third kappa shape index (κ3) is 4.29. The number of nitrogens with zero attached hydrogens (tertiary/aromatic N) is 2. The topological polar surface area (TPSA) is 68.7 Å². The largest absolute Gasteiger partial charge is 0.469 e. The second-order valence-electron chi connectivity index (χ2n) is 8.27. The summed E-state index contributed by atoms with van der Waals surface area (Å²) in [5.74, 6) is 1.49. The van der Waals surface area contributed by atoms with E-state index in [9.17, 15) is 9.59 Å². The fourth-order valence-electron chi connectivity index (χ4n) is 4.61. The molecule has 3 fully saturated rings. The molecule has 1 saturated heterocycles. The number of fused-ring (bicyclic) bond motifs is 1. The lowest BCUT2D eigenvalue weighted by atomic mass is 10.0. The third-order valence-corrected chi connectivity index (χ3v) is 7.49. The zero-order chi connectivity index (χ0) is 20.5. The van der Waals surface area contributed by atoms with E-state index in [0.717, 1.165) is 36.8 Å². The summed E-state index contributed by atoms with van der Waals surface area (Å²) in [7, 11) is 1.45. The second-order valence-corrected chi connectivity index (χ2v) is 9.56. The normalized spacial score (nSPS) is 26.0. The number of carbonyl (C=O) groups is 2. The van der Waals surface area contributed by atoms with Gasteiger partial charge in [0.25, 0.3) is 0 Å². The number of thioether (sulfide) groups is 1. The highest BCUT2D eigenvalue weighted by Crippen LogP contribution is 2.53. The van der Waals surface area contributed by atoms with Crippen LogP contribution < -0.4 is 4.90 Å². The second kappa shape index (κ2) is 8.38. The highest BCUT2D eigenvalue weighted by molar-refractivity contribution is 7.99. The molecule has 2 heterocycles. The van der Waals surface area contributed by atoms with Crippen LogP contribution in [0.2, 0.25) is 0 Å². The van der Waals surface area contributed by atoms with Gasteiger partial charge < -0.3 is 14.4 Å². The number of hydrogen-bond acceptors (Lipinski definition) is 7. The van der Waals surface area contributed by atoms with E-state index in [4.69, 9.17) is 14.5 Å². The van der Waals surface area contributed by atoms with Crippen molar-refractivity contribution in [3.8, 4) is 0 Å². The van der Waals surface area contributed by atoms with Crippen LogP contribution in [-0.4, -0.2) is 42.4 Å². The van der Waals surface area contributed by atoms with Crippen LogP contribution in [0.15, 0.2) is 29.5 Å². The molecule has 0 aromatic carbocycles. The monoisotopic (exact) mass is 416 g/mol. The van der Waals surface area contributed by atoms with E-state index in [2.05, 4.69) is 11.5 Å². The van der Waals surface area contributed by atoms with Gasteiger partial charge in [0, 0.05) is 18.3 Å². The fourth-order valence-corrected chi connectivity index (χ4v) is 5.91. The van der Waals surface area contributed by atoms with Crippen molar-refractivity contribution in [3.05, 3.63) is 30.0 Å². The molecule has 1 unspecified atom stereocenters. The molecule has 156 valence electrons. The van der Waals surface area contributed by atoms with Crippen molar-refractivity contribution in [1.82, 2.24) is 4.98 Å². The molecule has 0 bridgehead atoms. The molecule has 0 amide bonds. The minimum atomic E-state index is -0.398. The quantitative estimate of drug-likeness (QED) is 0.512. The van der Waals surface area contributed by atoms with E-state index in [1.807, 2.05) is 12.1 Å². The van der Waals surface area contributed by atoms with Crippen LogP contribution in [0.1, 0.15) is 49.4 Å². The first-order chi connectivity index (χ1) is 14.0. The van der Waals surface area contributed by atoms with Crippen molar-refractivity contribution in [1.29, 1.82) is 0 Å². The number of ether oxygens (including phenoxy) is 2. The summed E-state index contributed by atoms with van der Waals surface area (Å²) in [6.07, 6.45) is 6.05. The van der Waals surface area contributed by atoms with Gasteiger partial charge >= 0.3 is 11.9 Å². The van der Waals surface area contributed by atoms with Gasteiger partial charge in [-0.25, -0.2) is 9.78 Å². The Morgan fingerprint density at radius 3 is 2.48 bits per heavy atom. The zero-order valence-corrected chi connectivity index (χ0v) is 17.9. The molecule has 7 heteroatoms. The van der Waals surface area contributed by atoms with Crippen molar-refractivity contribution in [2.45, 2.75) is 49.3 Å². The van der Waals surface area contributed by atoms with E-state index in [1.54, 1.807) is 18.7 Å². The van der Waals surface area contributed by atoms with Crippen LogP contribution >= 0.6 is 11.8 Å². The predicted octanol–water partition coefficient (Wildman–Crippen LogP) is 4.05.